The van der Waals surface area contributed by atoms with Crippen molar-refractivity contribution in [3.05, 3.63) is 59.7 Å². The zero-order chi connectivity index (χ0) is 22.6. The number of rotatable bonds is 11. The zero-order valence-electron chi connectivity index (χ0n) is 19.5. The Hall–Kier alpha value is -2.15. The standard InChI is InChI=1S/C26H37N3O2S/c1-3-4-6-22-7-11-24(12-8-22)27-26(32)29(16-5-15-28-17-19-31-20-18-28)21-23-9-13-25(30-2)14-10-23/h7-14H,3-6,15-21H2,1-2H3,(H,27,32). The Kier molecular flexibility index (Phi) is 10.3. The lowest BCUT2D eigenvalue weighted by Gasteiger charge is -2.29. The van der Waals surface area contributed by atoms with Gasteiger partial charge in [-0.05, 0) is 66.9 Å². The molecule has 5 nitrogen and oxygen atoms in total. The van der Waals surface area contributed by atoms with Gasteiger partial charge in [-0.2, -0.15) is 0 Å². The maximum absolute atomic E-state index is 5.83. The monoisotopic (exact) mass is 455 g/mol. The quantitative estimate of drug-likeness (QED) is 0.483. The number of hydrogen-bond donors (Lipinski definition) is 1. The second kappa shape index (κ2) is 13.4. The normalized spacial score (nSPS) is 14.2. The number of thiocarbonyl (C=S) groups is 1. The van der Waals surface area contributed by atoms with Crippen molar-refractivity contribution >= 4 is 23.0 Å². The Morgan fingerprint density at radius 1 is 1.03 bits per heavy atom. The molecule has 3 rings (SSSR count). The minimum Gasteiger partial charge on any atom is -0.497 e. The third-order valence-corrected chi connectivity index (χ3v) is 6.21. The van der Waals surface area contributed by atoms with E-state index in [2.05, 4.69) is 58.4 Å². The summed E-state index contributed by atoms with van der Waals surface area (Å²) in [5.41, 5.74) is 3.64. The average molecular weight is 456 g/mol. The molecule has 0 aliphatic carbocycles. The molecule has 2 aromatic carbocycles. The van der Waals surface area contributed by atoms with E-state index in [1.807, 2.05) is 12.1 Å². The number of methoxy groups -OCH3 is 1. The molecule has 32 heavy (non-hydrogen) atoms. The van der Waals surface area contributed by atoms with Crippen molar-refractivity contribution in [2.45, 2.75) is 39.2 Å². The first-order chi connectivity index (χ1) is 15.7. The summed E-state index contributed by atoms with van der Waals surface area (Å²) in [5, 5.41) is 4.22. The van der Waals surface area contributed by atoms with Crippen LogP contribution in [-0.2, 0) is 17.7 Å². The molecule has 2 aromatic rings. The van der Waals surface area contributed by atoms with Crippen LogP contribution in [0.3, 0.4) is 0 Å². The largest absolute Gasteiger partial charge is 0.497 e. The Bertz CT molecular complexity index is 805. The zero-order valence-corrected chi connectivity index (χ0v) is 20.3. The predicted molar refractivity (Wildman–Crippen MR) is 137 cm³/mol. The van der Waals surface area contributed by atoms with Crippen LogP contribution in [0, 0.1) is 0 Å². The molecule has 1 aliphatic heterocycles. The summed E-state index contributed by atoms with van der Waals surface area (Å²) in [7, 11) is 1.69. The molecule has 1 fully saturated rings. The summed E-state index contributed by atoms with van der Waals surface area (Å²) in [6.07, 6.45) is 4.64. The van der Waals surface area contributed by atoms with Crippen LogP contribution >= 0.6 is 12.2 Å². The summed E-state index contributed by atoms with van der Waals surface area (Å²) in [6, 6.07) is 16.9. The fourth-order valence-electron chi connectivity index (χ4n) is 3.85. The fourth-order valence-corrected chi connectivity index (χ4v) is 4.13. The number of unbranched alkanes of at least 4 members (excludes halogenated alkanes) is 1. The Morgan fingerprint density at radius 2 is 1.72 bits per heavy atom. The third-order valence-electron chi connectivity index (χ3n) is 5.85. The van der Waals surface area contributed by atoms with Crippen molar-refractivity contribution in [2.75, 3.05) is 51.8 Å². The predicted octanol–water partition coefficient (Wildman–Crippen LogP) is 4.96. The number of hydrogen-bond acceptors (Lipinski definition) is 4. The first kappa shape index (κ1) is 24.5. The molecule has 1 N–H and O–H groups in total. The van der Waals surface area contributed by atoms with Gasteiger partial charge < -0.3 is 19.7 Å². The van der Waals surface area contributed by atoms with E-state index in [1.165, 1.54) is 24.0 Å². The molecule has 6 heteroatoms. The molecule has 0 unspecified atom stereocenters. The molecule has 174 valence electrons. The van der Waals surface area contributed by atoms with Crippen molar-refractivity contribution in [1.82, 2.24) is 9.80 Å². The molecule has 0 spiro atoms. The highest BCUT2D eigenvalue weighted by Gasteiger charge is 2.14. The summed E-state index contributed by atoms with van der Waals surface area (Å²) in [6.45, 7) is 8.68. The molecule has 0 bridgehead atoms. The van der Waals surface area contributed by atoms with Gasteiger partial charge in [0.25, 0.3) is 0 Å². The van der Waals surface area contributed by atoms with E-state index in [4.69, 9.17) is 21.7 Å². The van der Waals surface area contributed by atoms with E-state index < -0.39 is 0 Å². The van der Waals surface area contributed by atoms with Crippen LogP contribution in [0.5, 0.6) is 5.75 Å². The van der Waals surface area contributed by atoms with Gasteiger partial charge in [0, 0.05) is 38.4 Å². The van der Waals surface area contributed by atoms with Crippen LogP contribution < -0.4 is 10.1 Å². The van der Waals surface area contributed by atoms with Gasteiger partial charge in [-0.25, -0.2) is 0 Å². The van der Waals surface area contributed by atoms with Crippen LogP contribution in [0.4, 0.5) is 5.69 Å². The molecule has 1 saturated heterocycles. The van der Waals surface area contributed by atoms with E-state index in [9.17, 15) is 0 Å². The summed E-state index contributed by atoms with van der Waals surface area (Å²) < 4.78 is 10.8. The van der Waals surface area contributed by atoms with Crippen molar-refractivity contribution < 1.29 is 9.47 Å². The van der Waals surface area contributed by atoms with Crippen molar-refractivity contribution in [1.29, 1.82) is 0 Å². The lowest BCUT2D eigenvalue weighted by molar-refractivity contribution is 0.0368. The fraction of sp³-hybridized carbons (Fsp3) is 0.500. The molecule has 0 aromatic heterocycles. The summed E-state index contributed by atoms with van der Waals surface area (Å²) in [4.78, 5) is 4.74. The summed E-state index contributed by atoms with van der Waals surface area (Å²) in [5.74, 6) is 0.872. The average Bonchev–Trinajstić information content (AvgIpc) is 2.84. The molecule has 1 heterocycles. The highest BCUT2D eigenvalue weighted by molar-refractivity contribution is 7.80. The van der Waals surface area contributed by atoms with Gasteiger partial charge in [-0.1, -0.05) is 37.6 Å². The number of morpholine rings is 1. The van der Waals surface area contributed by atoms with Gasteiger partial charge in [0.15, 0.2) is 5.11 Å². The Labute approximate surface area is 198 Å². The van der Waals surface area contributed by atoms with E-state index in [0.29, 0.717) is 0 Å². The first-order valence-corrected chi connectivity index (χ1v) is 12.2. The van der Waals surface area contributed by atoms with Crippen molar-refractivity contribution in [2.24, 2.45) is 0 Å². The first-order valence-electron chi connectivity index (χ1n) is 11.8. The molecule has 0 amide bonds. The Balaban J connectivity index is 1.60. The van der Waals surface area contributed by atoms with Crippen molar-refractivity contribution in [3.63, 3.8) is 0 Å². The number of nitrogens with one attached hydrogen (secondary N) is 1. The van der Waals surface area contributed by atoms with Gasteiger partial charge in [-0.15, -0.1) is 0 Å². The van der Waals surface area contributed by atoms with Crippen molar-refractivity contribution in [3.8, 4) is 5.75 Å². The molecular weight excluding hydrogens is 418 g/mol. The van der Waals surface area contributed by atoms with Crippen LogP contribution in [0.2, 0.25) is 0 Å². The minimum absolute atomic E-state index is 0.768. The minimum atomic E-state index is 0.768. The molecule has 0 atom stereocenters. The summed E-state index contributed by atoms with van der Waals surface area (Å²) >= 11 is 5.83. The third kappa shape index (κ3) is 8.08. The second-order valence-electron chi connectivity index (χ2n) is 8.31. The Morgan fingerprint density at radius 3 is 2.38 bits per heavy atom. The lowest BCUT2D eigenvalue weighted by atomic mass is 10.1. The maximum atomic E-state index is 5.83. The molecule has 1 aliphatic rings. The molecular formula is C26H37N3O2S. The van der Waals surface area contributed by atoms with Crippen LogP contribution in [0.15, 0.2) is 48.5 Å². The highest BCUT2D eigenvalue weighted by Crippen LogP contribution is 2.16. The lowest BCUT2D eigenvalue weighted by Crippen LogP contribution is -2.40. The van der Waals surface area contributed by atoms with Gasteiger partial charge in [0.2, 0.25) is 0 Å². The maximum Gasteiger partial charge on any atom is 0.173 e. The van der Waals surface area contributed by atoms with Crippen LogP contribution in [0.25, 0.3) is 0 Å². The van der Waals surface area contributed by atoms with E-state index in [-0.39, 0.29) is 0 Å². The topological polar surface area (TPSA) is 37.0 Å². The van der Waals surface area contributed by atoms with Gasteiger partial charge >= 0.3 is 0 Å². The number of nitrogens with zero attached hydrogens (tertiary/aromatic N) is 2. The number of ether oxygens (including phenoxy) is 2. The van der Waals surface area contributed by atoms with Crippen LogP contribution in [-0.4, -0.2) is 61.4 Å². The molecule has 0 radical (unpaired) electrons. The van der Waals surface area contributed by atoms with Gasteiger partial charge in [-0.3, -0.25) is 4.90 Å². The van der Waals surface area contributed by atoms with Gasteiger partial charge in [0.1, 0.15) is 5.75 Å². The number of benzene rings is 2. The smallest absolute Gasteiger partial charge is 0.173 e. The van der Waals surface area contributed by atoms with E-state index in [1.54, 1.807) is 7.11 Å². The SMILES string of the molecule is CCCCc1ccc(NC(=S)N(CCCN2CCOCC2)Cc2ccc(OC)cc2)cc1. The van der Waals surface area contributed by atoms with E-state index in [0.717, 1.165) is 75.3 Å². The van der Waals surface area contributed by atoms with E-state index >= 15 is 0 Å². The second-order valence-corrected chi connectivity index (χ2v) is 8.69. The molecule has 0 saturated carbocycles. The number of aryl methyl sites for hydroxylation is 1. The van der Waals surface area contributed by atoms with Crippen LogP contribution in [0.1, 0.15) is 37.3 Å². The van der Waals surface area contributed by atoms with Gasteiger partial charge in [0.05, 0.1) is 20.3 Å². The highest BCUT2D eigenvalue weighted by atomic mass is 32.1. The number of anilines is 1.